The van der Waals surface area contributed by atoms with E-state index in [9.17, 15) is 13.2 Å². The van der Waals surface area contributed by atoms with E-state index < -0.39 is 10.0 Å². The van der Waals surface area contributed by atoms with Gasteiger partial charge in [-0.05, 0) is 18.1 Å². The number of ether oxygens (including phenoxy) is 1. The van der Waals surface area contributed by atoms with Crippen LogP contribution in [0.5, 0.6) is 0 Å². The number of carbonyl (C=O) groups is 1. The molecule has 2 aromatic rings. The summed E-state index contributed by atoms with van der Waals surface area (Å²) in [5.41, 5.74) is 2.22. The van der Waals surface area contributed by atoms with Crippen LogP contribution in [0.25, 0.3) is 10.9 Å². The molecule has 1 aromatic heterocycles. The third-order valence-corrected chi connectivity index (χ3v) is 5.30. The summed E-state index contributed by atoms with van der Waals surface area (Å²) in [5.74, 6) is -0.161. The number of sulfonamides is 1. The lowest BCUT2D eigenvalue weighted by Crippen LogP contribution is -2.37. The second-order valence-corrected chi connectivity index (χ2v) is 7.85. The molecule has 0 fully saturated rings. The highest BCUT2D eigenvalue weighted by atomic mass is 32.2. The largest absolute Gasteiger partial charge is 0.383 e. The van der Waals surface area contributed by atoms with E-state index >= 15 is 0 Å². The molecule has 138 valence electrons. The second-order valence-electron chi connectivity index (χ2n) is 5.86. The van der Waals surface area contributed by atoms with Gasteiger partial charge in [0.2, 0.25) is 15.9 Å². The van der Waals surface area contributed by atoms with E-state index in [1.807, 2.05) is 30.5 Å². The third kappa shape index (κ3) is 5.84. The fourth-order valence-corrected chi connectivity index (χ4v) is 3.46. The lowest BCUT2D eigenvalue weighted by molar-refractivity contribution is -0.121. The molecule has 0 atom stereocenters. The number of H-pyrrole nitrogens is 1. The van der Waals surface area contributed by atoms with Crippen molar-refractivity contribution in [1.29, 1.82) is 0 Å². The number of hydrogen-bond acceptors (Lipinski definition) is 4. The van der Waals surface area contributed by atoms with Crippen LogP contribution in [0.3, 0.4) is 0 Å². The van der Waals surface area contributed by atoms with Crippen LogP contribution >= 0.6 is 0 Å². The minimum absolute atomic E-state index is 0.130. The van der Waals surface area contributed by atoms with E-state index in [-0.39, 0.29) is 25.4 Å². The van der Waals surface area contributed by atoms with Gasteiger partial charge in [-0.2, -0.15) is 4.31 Å². The maximum absolute atomic E-state index is 12.0. The molecule has 25 heavy (non-hydrogen) atoms. The molecule has 0 aliphatic carbocycles. The fraction of sp³-hybridized carbons (Fsp3) is 0.471. The van der Waals surface area contributed by atoms with Gasteiger partial charge in [0, 0.05) is 50.3 Å². The summed E-state index contributed by atoms with van der Waals surface area (Å²) in [5, 5.41) is 4.00. The second kappa shape index (κ2) is 8.98. The standard InChI is InChI=1S/C17H25N3O4S/c1-24-12-11-20(25(2,22)23)10-8-17(21)18-9-7-14-13-19-16-6-4-3-5-15(14)16/h3-6,13,19H,7-12H2,1-2H3,(H,18,21). The number of aromatic nitrogens is 1. The minimum Gasteiger partial charge on any atom is -0.383 e. The number of nitrogens with zero attached hydrogens (tertiary/aromatic N) is 1. The van der Waals surface area contributed by atoms with E-state index in [1.165, 1.54) is 11.4 Å². The zero-order valence-corrected chi connectivity index (χ0v) is 15.4. The molecular formula is C17H25N3O4S. The van der Waals surface area contributed by atoms with E-state index in [0.717, 1.165) is 29.1 Å². The van der Waals surface area contributed by atoms with Crippen molar-refractivity contribution < 1.29 is 17.9 Å². The first-order valence-corrected chi connectivity index (χ1v) is 10.0. The minimum atomic E-state index is -3.34. The number of fused-ring (bicyclic) bond motifs is 1. The van der Waals surface area contributed by atoms with Crippen LogP contribution < -0.4 is 5.32 Å². The first-order chi connectivity index (χ1) is 11.9. The van der Waals surface area contributed by atoms with Gasteiger partial charge in [0.15, 0.2) is 0 Å². The Morgan fingerprint density at radius 1 is 1.28 bits per heavy atom. The maximum Gasteiger partial charge on any atom is 0.221 e. The number of nitrogens with one attached hydrogen (secondary N) is 2. The van der Waals surface area contributed by atoms with Crippen molar-refractivity contribution in [2.75, 3.05) is 39.6 Å². The molecule has 2 N–H and O–H groups in total. The average Bonchev–Trinajstić information content (AvgIpc) is 2.97. The monoisotopic (exact) mass is 367 g/mol. The van der Waals surface area contributed by atoms with Crippen molar-refractivity contribution in [2.45, 2.75) is 12.8 Å². The van der Waals surface area contributed by atoms with Crippen molar-refractivity contribution in [3.63, 3.8) is 0 Å². The van der Waals surface area contributed by atoms with Crippen molar-refractivity contribution in [1.82, 2.24) is 14.6 Å². The molecule has 0 spiro atoms. The predicted octanol–water partition coefficient (Wildman–Crippen LogP) is 1.12. The number of rotatable bonds is 10. The number of aromatic amines is 1. The summed E-state index contributed by atoms with van der Waals surface area (Å²) < 4.78 is 29.5. The fourth-order valence-electron chi connectivity index (χ4n) is 2.63. The van der Waals surface area contributed by atoms with E-state index in [1.54, 1.807) is 0 Å². The molecule has 0 aliphatic rings. The SMILES string of the molecule is COCCN(CCC(=O)NCCc1c[nH]c2ccccc12)S(C)(=O)=O. The maximum atomic E-state index is 12.0. The highest BCUT2D eigenvalue weighted by Gasteiger charge is 2.17. The number of methoxy groups -OCH3 is 1. The summed E-state index contributed by atoms with van der Waals surface area (Å²) in [7, 11) is -1.83. The van der Waals surface area contributed by atoms with Crippen molar-refractivity contribution in [2.24, 2.45) is 0 Å². The summed E-state index contributed by atoms with van der Waals surface area (Å²) >= 11 is 0. The molecule has 0 saturated heterocycles. The lowest BCUT2D eigenvalue weighted by Gasteiger charge is -2.19. The Bertz CT molecular complexity index is 801. The smallest absolute Gasteiger partial charge is 0.221 e. The summed E-state index contributed by atoms with van der Waals surface area (Å²) in [4.78, 5) is 15.2. The number of amides is 1. The Balaban J connectivity index is 1.78. The van der Waals surface area contributed by atoms with Crippen LogP contribution in [-0.2, 0) is 26.0 Å². The molecule has 7 nitrogen and oxygen atoms in total. The van der Waals surface area contributed by atoms with Gasteiger partial charge in [-0.3, -0.25) is 4.79 Å². The molecule has 0 radical (unpaired) electrons. The van der Waals surface area contributed by atoms with E-state index in [2.05, 4.69) is 10.3 Å². The molecule has 0 aliphatic heterocycles. The Kier molecular flexibility index (Phi) is 6.98. The van der Waals surface area contributed by atoms with Gasteiger partial charge in [0.25, 0.3) is 0 Å². The molecule has 0 bridgehead atoms. The highest BCUT2D eigenvalue weighted by Crippen LogP contribution is 2.17. The van der Waals surface area contributed by atoms with Gasteiger partial charge >= 0.3 is 0 Å². The van der Waals surface area contributed by atoms with Crippen LogP contribution in [-0.4, -0.2) is 63.2 Å². The molecule has 0 saturated carbocycles. The predicted molar refractivity (Wildman–Crippen MR) is 97.9 cm³/mol. The van der Waals surface area contributed by atoms with Crippen LogP contribution in [0, 0.1) is 0 Å². The quantitative estimate of drug-likeness (QED) is 0.658. The molecule has 8 heteroatoms. The van der Waals surface area contributed by atoms with Crippen molar-refractivity contribution in [3.8, 4) is 0 Å². The number of para-hydroxylation sites is 1. The number of carbonyl (C=O) groups excluding carboxylic acids is 1. The Morgan fingerprint density at radius 3 is 2.76 bits per heavy atom. The van der Waals surface area contributed by atoms with E-state index in [4.69, 9.17) is 4.74 Å². The van der Waals surface area contributed by atoms with Crippen LogP contribution in [0.4, 0.5) is 0 Å². The van der Waals surface area contributed by atoms with Crippen LogP contribution in [0.2, 0.25) is 0 Å². The van der Waals surface area contributed by atoms with Gasteiger partial charge < -0.3 is 15.0 Å². The van der Waals surface area contributed by atoms with Crippen molar-refractivity contribution >= 4 is 26.8 Å². The average molecular weight is 367 g/mol. The molecule has 1 aromatic carbocycles. The van der Waals surface area contributed by atoms with Gasteiger partial charge in [0.05, 0.1) is 12.9 Å². The van der Waals surface area contributed by atoms with Gasteiger partial charge in [-0.15, -0.1) is 0 Å². The number of hydrogen-bond donors (Lipinski definition) is 2. The lowest BCUT2D eigenvalue weighted by atomic mass is 10.1. The molecule has 1 amide bonds. The van der Waals surface area contributed by atoms with Gasteiger partial charge in [-0.1, -0.05) is 18.2 Å². The third-order valence-electron chi connectivity index (χ3n) is 3.99. The molecule has 1 heterocycles. The Hall–Kier alpha value is -1.90. The summed E-state index contributed by atoms with van der Waals surface area (Å²) in [6.07, 6.45) is 3.93. The van der Waals surface area contributed by atoms with Crippen molar-refractivity contribution in [3.05, 3.63) is 36.0 Å². The van der Waals surface area contributed by atoms with Crippen LogP contribution in [0.1, 0.15) is 12.0 Å². The van der Waals surface area contributed by atoms with Crippen LogP contribution in [0.15, 0.2) is 30.5 Å². The van der Waals surface area contributed by atoms with Gasteiger partial charge in [0.1, 0.15) is 0 Å². The number of benzene rings is 1. The molecule has 2 rings (SSSR count). The van der Waals surface area contributed by atoms with Gasteiger partial charge in [-0.25, -0.2) is 8.42 Å². The summed E-state index contributed by atoms with van der Waals surface area (Å²) in [6.45, 7) is 1.21. The Labute approximate surface area is 148 Å². The molecule has 0 unspecified atom stereocenters. The first kappa shape index (κ1) is 19.4. The Morgan fingerprint density at radius 2 is 2.04 bits per heavy atom. The highest BCUT2D eigenvalue weighted by molar-refractivity contribution is 7.88. The normalized spacial score (nSPS) is 12.0. The zero-order valence-electron chi connectivity index (χ0n) is 14.6. The topological polar surface area (TPSA) is 91.5 Å². The molecular weight excluding hydrogens is 342 g/mol. The first-order valence-electron chi connectivity index (χ1n) is 8.17. The zero-order chi connectivity index (χ0) is 18.3. The van der Waals surface area contributed by atoms with E-state index in [0.29, 0.717) is 13.2 Å². The summed E-state index contributed by atoms with van der Waals surface area (Å²) in [6, 6.07) is 8.01.